The molecule has 0 fully saturated rings. The number of aliphatic carboxylic acids is 1. The number of fused-ring (bicyclic) bond motifs is 2. The summed E-state index contributed by atoms with van der Waals surface area (Å²) < 4.78 is 40.2. The molecule has 6 nitrogen and oxygen atoms in total. The minimum Gasteiger partial charge on any atom is -0.481 e. The van der Waals surface area contributed by atoms with E-state index in [1.165, 1.54) is 17.4 Å². The summed E-state index contributed by atoms with van der Waals surface area (Å²) in [6, 6.07) is 3.29. The number of carboxylic acid groups (broad SMARTS) is 1. The summed E-state index contributed by atoms with van der Waals surface area (Å²) >= 11 is 2.42. The highest BCUT2D eigenvalue weighted by molar-refractivity contribution is 7.18. The van der Waals surface area contributed by atoms with Crippen molar-refractivity contribution in [2.24, 2.45) is 0 Å². The molecule has 4 rings (SSSR count). The number of carbonyl (C=O) groups is 1. The molecule has 0 aliphatic rings. The van der Waals surface area contributed by atoms with Gasteiger partial charge in [0.2, 0.25) is 0 Å². The second-order valence-corrected chi connectivity index (χ2v) is 7.83. The van der Waals surface area contributed by atoms with Crippen LogP contribution in [0.4, 0.5) is 13.2 Å². The lowest BCUT2D eigenvalue weighted by molar-refractivity contribution is -0.138. The number of rotatable bonds is 4. The number of halogens is 3. The molecule has 4 aromatic rings. The van der Waals surface area contributed by atoms with Gasteiger partial charge in [0.05, 0.1) is 39.8 Å². The second kappa shape index (κ2) is 6.67. The molecule has 1 N–H and O–H groups in total. The first kappa shape index (κ1) is 18.6. The Hall–Kier alpha value is -2.79. The molecular weight excluding hydrogens is 415 g/mol. The minimum absolute atomic E-state index is 0.0576. The number of aromatic nitrogens is 3. The lowest BCUT2D eigenvalue weighted by Gasteiger charge is -2.06. The van der Waals surface area contributed by atoms with Gasteiger partial charge in [0.1, 0.15) is 5.01 Å². The van der Waals surface area contributed by atoms with Crippen molar-refractivity contribution in [3.8, 4) is 0 Å². The van der Waals surface area contributed by atoms with Crippen molar-refractivity contribution < 1.29 is 23.1 Å². The van der Waals surface area contributed by atoms with Crippen LogP contribution in [0.2, 0.25) is 0 Å². The molecule has 0 saturated heterocycles. The lowest BCUT2D eigenvalue weighted by atomic mass is 10.2. The fourth-order valence-electron chi connectivity index (χ4n) is 2.80. The zero-order valence-electron chi connectivity index (χ0n) is 13.9. The molecule has 0 radical (unpaired) electrons. The molecule has 28 heavy (non-hydrogen) atoms. The maximum absolute atomic E-state index is 12.9. The third-order valence-electron chi connectivity index (χ3n) is 4.04. The SMILES string of the molecule is O=C(O)Cc1nn(Cc2nc3cc(C(F)(F)F)ccc3s2)c(=O)c2cscc12. The molecule has 0 aliphatic heterocycles. The summed E-state index contributed by atoms with van der Waals surface area (Å²) in [4.78, 5) is 27.9. The van der Waals surface area contributed by atoms with Gasteiger partial charge in [-0.3, -0.25) is 9.59 Å². The van der Waals surface area contributed by atoms with Gasteiger partial charge in [-0.25, -0.2) is 9.67 Å². The molecule has 0 amide bonds. The number of benzene rings is 1. The van der Waals surface area contributed by atoms with Crippen LogP contribution in [0.5, 0.6) is 0 Å². The predicted molar refractivity (Wildman–Crippen MR) is 98.9 cm³/mol. The van der Waals surface area contributed by atoms with E-state index in [9.17, 15) is 22.8 Å². The average molecular weight is 425 g/mol. The number of hydrogen-bond acceptors (Lipinski definition) is 6. The summed E-state index contributed by atoms with van der Waals surface area (Å²) in [5.41, 5.74) is -0.759. The van der Waals surface area contributed by atoms with Crippen molar-refractivity contribution in [3.63, 3.8) is 0 Å². The van der Waals surface area contributed by atoms with Gasteiger partial charge in [-0.15, -0.1) is 11.3 Å². The van der Waals surface area contributed by atoms with Crippen LogP contribution in [0.25, 0.3) is 21.0 Å². The maximum atomic E-state index is 12.9. The Kier molecular flexibility index (Phi) is 4.42. The maximum Gasteiger partial charge on any atom is 0.416 e. The average Bonchev–Trinajstić information content (AvgIpc) is 3.23. The normalized spacial score (nSPS) is 12.1. The Morgan fingerprint density at radius 3 is 2.68 bits per heavy atom. The van der Waals surface area contributed by atoms with Crippen LogP contribution in [-0.2, 0) is 23.9 Å². The molecule has 0 bridgehead atoms. The molecule has 1 aromatic carbocycles. The zero-order valence-corrected chi connectivity index (χ0v) is 15.5. The molecular formula is C17H10F3N3O3S2. The van der Waals surface area contributed by atoms with Crippen molar-refractivity contribution in [3.05, 3.63) is 55.6 Å². The van der Waals surface area contributed by atoms with Crippen LogP contribution in [0.3, 0.4) is 0 Å². The summed E-state index contributed by atoms with van der Waals surface area (Å²) in [6.45, 7) is -0.0576. The molecule has 3 aromatic heterocycles. The van der Waals surface area contributed by atoms with Crippen LogP contribution in [-0.4, -0.2) is 25.8 Å². The minimum atomic E-state index is -4.47. The van der Waals surface area contributed by atoms with Gasteiger partial charge in [0.25, 0.3) is 5.56 Å². The van der Waals surface area contributed by atoms with E-state index in [1.54, 1.807) is 10.8 Å². The van der Waals surface area contributed by atoms with E-state index < -0.39 is 23.3 Å². The second-order valence-electron chi connectivity index (χ2n) is 5.97. The molecule has 0 atom stereocenters. The fraction of sp³-hybridized carbons (Fsp3) is 0.176. The summed E-state index contributed by atoms with van der Waals surface area (Å²) in [5.74, 6) is -1.08. The smallest absolute Gasteiger partial charge is 0.416 e. The third-order valence-corrected chi connectivity index (χ3v) is 5.81. The van der Waals surface area contributed by atoms with Gasteiger partial charge in [-0.05, 0) is 18.2 Å². The van der Waals surface area contributed by atoms with Crippen molar-refractivity contribution in [2.45, 2.75) is 19.1 Å². The number of thiophene rings is 1. The molecule has 144 valence electrons. The standard InChI is InChI=1S/C17H10F3N3O3S2/c18-17(19,20)8-1-2-13-12(3-8)21-14(28-13)5-23-16(26)10-7-27-6-9(10)11(22-23)4-15(24)25/h1-3,6-7H,4-5H2,(H,24,25). The van der Waals surface area contributed by atoms with Crippen LogP contribution >= 0.6 is 22.7 Å². The molecule has 3 heterocycles. The first-order chi connectivity index (χ1) is 13.2. The van der Waals surface area contributed by atoms with Gasteiger partial charge < -0.3 is 5.11 Å². The first-order valence-electron chi connectivity index (χ1n) is 7.87. The summed E-state index contributed by atoms with van der Waals surface area (Å²) in [6.07, 6.45) is -4.81. The van der Waals surface area contributed by atoms with E-state index in [-0.39, 0.29) is 24.2 Å². The highest BCUT2D eigenvalue weighted by Crippen LogP contribution is 2.33. The Labute approximate surface area is 162 Å². The van der Waals surface area contributed by atoms with Crippen LogP contribution < -0.4 is 5.56 Å². The third kappa shape index (κ3) is 3.38. The van der Waals surface area contributed by atoms with Crippen molar-refractivity contribution in [2.75, 3.05) is 0 Å². The first-order valence-corrected chi connectivity index (χ1v) is 9.62. The van der Waals surface area contributed by atoms with Crippen LogP contribution in [0, 0.1) is 0 Å². The van der Waals surface area contributed by atoms with Gasteiger partial charge in [0.15, 0.2) is 0 Å². The zero-order chi connectivity index (χ0) is 20.1. The van der Waals surface area contributed by atoms with E-state index in [0.29, 0.717) is 20.5 Å². The Morgan fingerprint density at radius 1 is 1.21 bits per heavy atom. The Morgan fingerprint density at radius 2 is 1.96 bits per heavy atom. The van der Waals surface area contributed by atoms with E-state index in [0.717, 1.165) is 28.2 Å². The number of alkyl halides is 3. The number of carboxylic acids is 1. The fourth-order valence-corrected chi connectivity index (χ4v) is 4.56. The highest BCUT2D eigenvalue weighted by atomic mass is 32.1. The number of thiazole rings is 1. The van der Waals surface area contributed by atoms with Crippen molar-refractivity contribution in [1.82, 2.24) is 14.8 Å². The summed E-state index contributed by atoms with van der Waals surface area (Å²) in [7, 11) is 0. The lowest BCUT2D eigenvalue weighted by Crippen LogP contribution is -2.25. The quantitative estimate of drug-likeness (QED) is 0.538. The highest BCUT2D eigenvalue weighted by Gasteiger charge is 2.30. The van der Waals surface area contributed by atoms with E-state index >= 15 is 0 Å². The topological polar surface area (TPSA) is 85.1 Å². The summed E-state index contributed by atoms with van der Waals surface area (Å²) in [5, 5.41) is 17.8. The van der Waals surface area contributed by atoms with Gasteiger partial charge in [0, 0.05) is 16.1 Å². The van der Waals surface area contributed by atoms with Crippen molar-refractivity contribution in [1.29, 1.82) is 0 Å². The van der Waals surface area contributed by atoms with E-state index in [1.807, 2.05) is 0 Å². The molecule has 0 spiro atoms. The van der Waals surface area contributed by atoms with Crippen LogP contribution in [0.1, 0.15) is 16.3 Å². The molecule has 0 aliphatic carbocycles. The predicted octanol–water partition coefficient (Wildman–Crippen LogP) is 3.76. The van der Waals surface area contributed by atoms with Crippen molar-refractivity contribution >= 4 is 49.6 Å². The molecule has 0 unspecified atom stereocenters. The monoisotopic (exact) mass is 425 g/mol. The van der Waals surface area contributed by atoms with Gasteiger partial charge in [-0.1, -0.05) is 0 Å². The number of hydrogen-bond donors (Lipinski definition) is 1. The molecule has 0 saturated carbocycles. The van der Waals surface area contributed by atoms with Crippen LogP contribution in [0.15, 0.2) is 33.8 Å². The van der Waals surface area contributed by atoms with E-state index in [2.05, 4.69) is 10.1 Å². The largest absolute Gasteiger partial charge is 0.481 e. The molecule has 11 heteroatoms. The Balaban J connectivity index is 1.76. The van der Waals surface area contributed by atoms with E-state index in [4.69, 9.17) is 5.11 Å². The van der Waals surface area contributed by atoms with Gasteiger partial charge in [-0.2, -0.15) is 29.6 Å². The van der Waals surface area contributed by atoms with Gasteiger partial charge >= 0.3 is 12.1 Å². The Bertz CT molecular complexity index is 1270. The number of nitrogens with zero attached hydrogens (tertiary/aromatic N) is 3.